The van der Waals surface area contributed by atoms with E-state index in [1.807, 2.05) is 6.08 Å². The van der Waals surface area contributed by atoms with E-state index in [1.54, 1.807) is 37.3 Å². The van der Waals surface area contributed by atoms with Crippen LogP contribution in [0.3, 0.4) is 0 Å². The summed E-state index contributed by atoms with van der Waals surface area (Å²) in [6.07, 6.45) is 6.00. The fourth-order valence-electron chi connectivity index (χ4n) is 2.71. The number of ether oxygens (including phenoxy) is 4. The van der Waals surface area contributed by atoms with Crippen LogP contribution in [0.2, 0.25) is 0 Å². The molecule has 2 rings (SSSR count). The summed E-state index contributed by atoms with van der Waals surface area (Å²) in [5.74, 6) is -1.10. The van der Waals surface area contributed by atoms with Gasteiger partial charge in [-0.15, -0.1) is 0 Å². The standard InChI is InChI=1S/C27H28O7/c1-16(2)25(28)32-22-11-9-8-10-19(14-24(22)34-27(30)18(5)6)20-12-13-21(31-7)23(15-20)33-26(29)17(3)4/h8-9,12-15H,1,3,5,10-11H2,2,4,6-7H3/b9-8-,19-14?,24-22?. The van der Waals surface area contributed by atoms with Gasteiger partial charge in [0.05, 0.1) is 7.11 Å². The molecule has 0 fully saturated rings. The quantitative estimate of drug-likeness (QED) is 0.221. The van der Waals surface area contributed by atoms with Gasteiger partial charge in [0.1, 0.15) is 0 Å². The zero-order chi connectivity index (χ0) is 25.4. The lowest BCUT2D eigenvalue weighted by Gasteiger charge is -2.17. The minimum atomic E-state index is -0.662. The summed E-state index contributed by atoms with van der Waals surface area (Å²) >= 11 is 0. The molecule has 0 spiro atoms. The van der Waals surface area contributed by atoms with Crippen LogP contribution in [0.4, 0.5) is 0 Å². The van der Waals surface area contributed by atoms with E-state index < -0.39 is 17.9 Å². The maximum atomic E-state index is 12.3. The molecule has 0 amide bonds. The van der Waals surface area contributed by atoms with Crippen molar-refractivity contribution < 1.29 is 33.3 Å². The minimum absolute atomic E-state index is 0.0678. The van der Waals surface area contributed by atoms with E-state index in [1.165, 1.54) is 21.0 Å². The Morgan fingerprint density at radius 1 is 0.765 bits per heavy atom. The second-order valence-electron chi connectivity index (χ2n) is 7.71. The highest BCUT2D eigenvalue weighted by molar-refractivity contribution is 5.90. The van der Waals surface area contributed by atoms with Gasteiger partial charge in [-0.25, -0.2) is 14.4 Å². The third-order valence-corrected chi connectivity index (χ3v) is 4.59. The molecule has 1 aliphatic rings. The first kappa shape index (κ1) is 26.1. The second-order valence-corrected chi connectivity index (χ2v) is 7.71. The van der Waals surface area contributed by atoms with E-state index in [2.05, 4.69) is 19.7 Å². The number of methoxy groups -OCH3 is 1. The number of allylic oxidation sites excluding steroid dienone is 4. The molecule has 0 N–H and O–H groups in total. The third-order valence-electron chi connectivity index (χ3n) is 4.59. The number of carbonyl (C=O) groups excluding carboxylic acids is 3. The fourth-order valence-corrected chi connectivity index (χ4v) is 2.71. The van der Waals surface area contributed by atoms with E-state index in [-0.39, 0.29) is 40.4 Å². The van der Waals surface area contributed by atoms with Gasteiger partial charge in [-0.1, -0.05) is 38.0 Å². The average Bonchev–Trinajstić information content (AvgIpc) is 2.77. The van der Waals surface area contributed by atoms with Crippen LogP contribution in [0.5, 0.6) is 11.5 Å². The van der Waals surface area contributed by atoms with Crippen molar-refractivity contribution in [3.63, 3.8) is 0 Å². The molecule has 34 heavy (non-hydrogen) atoms. The van der Waals surface area contributed by atoms with Crippen molar-refractivity contribution in [2.24, 2.45) is 0 Å². The normalized spacial score (nSPS) is 14.1. The molecule has 0 radical (unpaired) electrons. The molecule has 0 saturated heterocycles. The second kappa shape index (κ2) is 11.7. The van der Waals surface area contributed by atoms with Gasteiger partial charge < -0.3 is 18.9 Å². The average molecular weight is 465 g/mol. The first-order valence-corrected chi connectivity index (χ1v) is 10.4. The van der Waals surface area contributed by atoms with Crippen LogP contribution in [-0.2, 0) is 23.9 Å². The largest absolute Gasteiger partial charge is 0.493 e. The highest BCUT2D eigenvalue weighted by Gasteiger charge is 2.20. The van der Waals surface area contributed by atoms with Crippen molar-refractivity contribution in [2.75, 3.05) is 7.11 Å². The minimum Gasteiger partial charge on any atom is -0.493 e. The smallest absolute Gasteiger partial charge is 0.338 e. The first-order chi connectivity index (χ1) is 16.0. The SMILES string of the molecule is C=C(C)C(=O)OC1=C(OC(=O)C(=C)C)C/C=C\CC(c2ccc(OC)c(OC(=O)C(=C)C)c2)=C1. The number of benzene rings is 1. The van der Waals surface area contributed by atoms with Crippen LogP contribution in [0.25, 0.3) is 5.57 Å². The topological polar surface area (TPSA) is 88.1 Å². The lowest BCUT2D eigenvalue weighted by Crippen LogP contribution is -2.12. The van der Waals surface area contributed by atoms with Crippen LogP contribution in [-0.4, -0.2) is 25.0 Å². The fraction of sp³-hybridized carbons (Fsp3) is 0.222. The van der Waals surface area contributed by atoms with Crippen LogP contribution in [0.15, 0.2) is 84.4 Å². The number of hydrogen-bond donors (Lipinski definition) is 0. The lowest BCUT2D eigenvalue weighted by atomic mass is 9.99. The summed E-state index contributed by atoms with van der Waals surface area (Å²) in [7, 11) is 1.46. The van der Waals surface area contributed by atoms with E-state index in [0.29, 0.717) is 23.3 Å². The van der Waals surface area contributed by atoms with Gasteiger partial charge in [0.2, 0.25) is 0 Å². The molecular weight excluding hydrogens is 436 g/mol. The molecule has 1 aromatic carbocycles. The van der Waals surface area contributed by atoms with Gasteiger partial charge in [-0.05, 0) is 56.5 Å². The summed E-state index contributed by atoms with van der Waals surface area (Å²) < 4.78 is 21.7. The summed E-state index contributed by atoms with van der Waals surface area (Å²) in [6, 6.07) is 5.07. The Morgan fingerprint density at radius 2 is 1.32 bits per heavy atom. The number of rotatable bonds is 8. The maximum absolute atomic E-state index is 12.3. The van der Waals surface area contributed by atoms with Crippen LogP contribution in [0, 0.1) is 0 Å². The summed E-state index contributed by atoms with van der Waals surface area (Å²) in [5.41, 5.74) is 2.00. The molecule has 0 bridgehead atoms. The zero-order valence-electron chi connectivity index (χ0n) is 19.9. The number of carbonyl (C=O) groups is 3. The highest BCUT2D eigenvalue weighted by Crippen LogP contribution is 2.34. The van der Waals surface area contributed by atoms with Crippen LogP contribution in [0.1, 0.15) is 39.2 Å². The van der Waals surface area contributed by atoms with Crippen LogP contribution < -0.4 is 9.47 Å². The molecule has 0 aromatic heterocycles. The van der Waals surface area contributed by atoms with E-state index in [4.69, 9.17) is 18.9 Å². The van der Waals surface area contributed by atoms with Crippen LogP contribution >= 0.6 is 0 Å². The Hall–Kier alpha value is -4.13. The van der Waals surface area contributed by atoms with E-state index >= 15 is 0 Å². The highest BCUT2D eigenvalue weighted by atomic mass is 16.6. The molecule has 7 nitrogen and oxygen atoms in total. The summed E-state index contributed by atoms with van der Waals surface area (Å²) in [5, 5.41) is 0. The van der Waals surface area contributed by atoms with Crippen molar-refractivity contribution >= 4 is 23.5 Å². The molecular formula is C27H28O7. The molecule has 0 atom stereocenters. The summed E-state index contributed by atoms with van der Waals surface area (Å²) in [6.45, 7) is 15.4. The maximum Gasteiger partial charge on any atom is 0.338 e. The van der Waals surface area contributed by atoms with Gasteiger partial charge in [0, 0.05) is 23.1 Å². The van der Waals surface area contributed by atoms with Gasteiger partial charge in [0.25, 0.3) is 0 Å². The molecule has 178 valence electrons. The van der Waals surface area contributed by atoms with Crippen molar-refractivity contribution in [2.45, 2.75) is 33.6 Å². The van der Waals surface area contributed by atoms with E-state index in [9.17, 15) is 14.4 Å². The molecule has 7 heteroatoms. The Kier molecular flexibility index (Phi) is 8.95. The van der Waals surface area contributed by atoms with Crippen molar-refractivity contribution in [3.8, 4) is 11.5 Å². The predicted octanol–water partition coefficient (Wildman–Crippen LogP) is 5.36. The molecule has 0 saturated carbocycles. The van der Waals surface area contributed by atoms with Crippen molar-refractivity contribution in [1.82, 2.24) is 0 Å². The third kappa shape index (κ3) is 6.93. The van der Waals surface area contributed by atoms with E-state index in [0.717, 1.165) is 0 Å². The molecule has 0 heterocycles. The van der Waals surface area contributed by atoms with Crippen molar-refractivity contribution in [1.29, 1.82) is 0 Å². The monoisotopic (exact) mass is 464 g/mol. The number of hydrogen-bond acceptors (Lipinski definition) is 7. The predicted molar refractivity (Wildman–Crippen MR) is 129 cm³/mol. The van der Waals surface area contributed by atoms with Gasteiger partial charge >= 0.3 is 17.9 Å². The molecule has 0 aliphatic heterocycles. The zero-order valence-corrected chi connectivity index (χ0v) is 19.9. The Morgan fingerprint density at radius 3 is 1.91 bits per heavy atom. The van der Waals surface area contributed by atoms with Gasteiger partial charge in [-0.2, -0.15) is 0 Å². The lowest BCUT2D eigenvalue weighted by molar-refractivity contribution is -0.138. The van der Waals surface area contributed by atoms with Gasteiger partial charge in [-0.3, -0.25) is 0 Å². The Labute approximate surface area is 199 Å². The first-order valence-electron chi connectivity index (χ1n) is 10.4. The Balaban J connectivity index is 2.60. The Bertz CT molecular complexity index is 1150. The number of esters is 3. The summed E-state index contributed by atoms with van der Waals surface area (Å²) in [4.78, 5) is 36.5. The molecule has 0 unspecified atom stereocenters. The molecule has 1 aliphatic carbocycles. The molecule has 1 aromatic rings. The van der Waals surface area contributed by atoms with Crippen molar-refractivity contribution in [3.05, 3.63) is 90.0 Å². The van der Waals surface area contributed by atoms with Gasteiger partial charge in [0.15, 0.2) is 23.0 Å².